The molecule has 0 spiro atoms. The maximum atomic E-state index is 5.36. The second kappa shape index (κ2) is 7.12. The molecule has 2 aromatic rings. The summed E-state index contributed by atoms with van der Waals surface area (Å²) in [6, 6.07) is 3.82. The first-order chi connectivity index (χ1) is 10.2. The molecule has 0 amide bonds. The number of ether oxygens (including phenoxy) is 1. The normalized spacial score (nSPS) is 10.4. The fraction of sp³-hybridized carbons (Fsp3) is 0.429. The van der Waals surface area contributed by atoms with Crippen LogP contribution in [-0.4, -0.2) is 39.7 Å². The summed E-state index contributed by atoms with van der Waals surface area (Å²) in [5.74, 6) is 1.26. The van der Waals surface area contributed by atoms with Crippen LogP contribution in [0.2, 0.25) is 0 Å². The Labute approximate surface area is 129 Å². The third-order valence-electron chi connectivity index (χ3n) is 3.18. The van der Waals surface area contributed by atoms with E-state index in [9.17, 15) is 0 Å². The summed E-state index contributed by atoms with van der Waals surface area (Å²) in [7, 11) is 1.60. The number of hydrogen-bond acceptors (Lipinski definition) is 6. The monoisotopic (exact) mass is 305 g/mol. The van der Waals surface area contributed by atoms with E-state index >= 15 is 0 Å². The van der Waals surface area contributed by atoms with Gasteiger partial charge in [0.25, 0.3) is 0 Å². The molecule has 0 saturated carbocycles. The molecule has 0 unspecified atom stereocenters. The number of rotatable bonds is 6. The Balaban J connectivity index is 2.28. The Kier molecular flexibility index (Phi) is 5.21. The summed E-state index contributed by atoms with van der Waals surface area (Å²) in [6.45, 7) is 6.38. The zero-order chi connectivity index (χ0) is 15.2. The van der Waals surface area contributed by atoms with Crippen LogP contribution in [0.25, 0.3) is 0 Å². The summed E-state index contributed by atoms with van der Waals surface area (Å²) in [4.78, 5) is 15.0. The van der Waals surface area contributed by atoms with Crippen LogP contribution in [0.4, 0.5) is 5.95 Å². The first-order valence-corrected chi connectivity index (χ1v) is 7.26. The van der Waals surface area contributed by atoms with E-state index in [4.69, 9.17) is 17.0 Å². The quantitative estimate of drug-likeness (QED) is 0.763. The molecule has 0 N–H and O–H groups in total. The van der Waals surface area contributed by atoms with Crippen LogP contribution >= 0.6 is 12.2 Å². The van der Waals surface area contributed by atoms with E-state index in [2.05, 4.69) is 33.7 Å². The highest BCUT2D eigenvalue weighted by atomic mass is 32.1. The van der Waals surface area contributed by atoms with Gasteiger partial charge in [-0.1, -0.05) is 6.07 Å². The molecular weight excluding hydrogens is 286 g/mol. The number of methoxy groups -OCH3 is 1. The average Bonchev–Trinajstić information content (AvgIpc) is 2.51. The van der Waals surface area contributed by atoms with E-state index in [0.717, 1.165) is 18.7 Å². The van der Waals surface area contributed by atoms with Crippen molar-refractivity contribution in [1.29, 1.82) is 0 Å². The molecule has 0 aliphatic rings. The van der Waals surface area contributed by atoms with Crippen LogP contribution in [-0.2, 0) is 6.54 Å². The zero-order valence-electron chi connectivity index (χ0n) is 12.5. The Morgan fingerprint density at radius 1 is 1.29 bits per heavy atom. The molecule has 0 aliphatic heterocycles. The molecule has 0 bridgehead atoms. The van der Waals surface area contributed by atoms with Crippen molar-refractivity contribution >= 4 is 18.2 Å². The van der Waals surface area contributed by atoms with Crippen molar-refractivity contribution in [2.75, 3.05) is 25.1 Å². The molecular formula is C14H19N5OS. The highest BCUT2D eigenvalue weighted by molar-refractivity contribution is 7.71. The number of pyridine rings is 1. The summed E-state index contributed by atoms with van der Waals surface area (Å²) in [5.41, 5.74) is 0.940. The Morgan fingerprint density at radius 2 is 2.05 bits per heavy atom. The van der Waals surface area contributed by atoms with Crippen LogP contribution < -0.4 is 9.64 Å². The Hall–Kier alpha value is -2.02. The van der Waals surface area contributed by atoms with Crippen LogP contribution in [0.15, 0.2) is 24.7 Å². The molecule has 0 saturated heterocycles. The molecule has 2 rings (SSSR count). The third-order valence-corrected chi connectivity index (χ3v) is 3.51. The predicted octanol–water partition coefficient (Wildman–Crippen LogP) is 2.31. The van der Waals surface area contributed by atoms with Gasteiger partial charge in [0, 0.05) is 24.8 Å². The minimum absolute atomic E-state index is 0.498. The minimum Gasteiger partial charge on any atom is -0.481 e. The molecule has 0 fully saturated rings. The van der Waals surface area contributed by atoms with Crippen LogP contribution in [0, 0.1) is 4.77 Å². The van der Waals surface area contributed by atoms with Gasteiger partial charge >= 0.3 is 0 Å². The van der Waals surface area contributed by atoms with Gasteiger partial charge in [0.15, 0.2) is 0 Å². The van der Waals surface area contributed by atoms with Gasteiger partial charge in [-0.15, -0.1) is 0 Å². The number of nitrogens with zero attached hydrogens (tertiary/aromatic N) is 5. The zero-order valence-corrected chi connectivity index (χ0v) is 13.3. The number of aromatic nitrogens is 4. The smallest absolute Gasteiger partial charge is 0.229 e. The molecule has 7 heteroatoms. The van der Waals surface area contributed by atoms with Crippen LogP contribution in [0.5, 0.6) is 5.88 Å². The highest BCUT2D eigenvalue weighted by Crippen LogP contribution is 2.15. The molecule has 0 radical (unpaired) electrons. The standard InChI is InChI=1S/C14H19N5OS/c1-4-18(5-2)13-16-10-19(14(21)17-13)9-11-7-6-8-15-12(11)20-3/h6-8,10H,4-5,9H2,1-3H3. The van der Waals surface area contributed by atoms with Crippen LogP contribution in [0.1, 0.15) is 19.4 Å². The van der Waals surface area contributed by atoms with Crippen molar-refractivity contribution < 1.29 is 4.74 Å². The predicted molar refractivity (Wildman–Crippen MR) is 84.3 cm³/mol. The van der Waals surface area contributed by atoms with E-state index in [1.165, 1.54) is 0 Å². The molecule has 6 nitrogen and oxygen atoms in total. The third kappa shape index (κ3) is 3.55. The van der Waals surface area contributed by atoms with Gasteiger partial charge in [-0.05, 0) is 32.1 Å². The van der Waals surface area contributed by atoms with Gasteiger partial charge in [-0.25, -0.2) is 9.97 Å². The van der Waals surface area contributed by atoms with Gasteiger partial charge in [-0.2, -0.15) is 4.98 Å². The molecule has 0 atom stereocenters. The van der Waals surface area contributed by atoms with Gasteiger partial charge in [-0.3, -0.25) is 0 Å². The summed E-state index contributed by atoms with van der Waals surface area (Å²) >= 11 is 5.36. The number of anilines is 1. The second-order valence-corrected chi connectivity index (χ2v) is 4.78. The highest BCUT2D eigenvalue weighted by Gasteiger charge is 2.08. The van der Waals surface area contributed by atoms with Gasteiger partial charge in [0.05, 0.1) is 13.7 Å². The first kappa shape index (κ1) is 15.4. The fourth-order valence-corrected chi connectivity index (χ4v) is 2.22. The van der Waals surface area contributed by atoms with E-state index in [0.29, 0.717) is 23.1 Å². The van der Waals surface area contributed by atoms with Gasteiger partial charge in [0.1, 0.15) is 6.33 Å². The number of hydrogen-bond donors (Lipinski definition) is 0. The topological polar surface area (TPSA) is 56.1 Å². The van der Waals surface area contributed by atoms with Crippen molar-refractivity contribution in [1.82, 2.24) is 19.5 Å². The van der Waals surface area contributed by atoms with E-state index in [1.807, 2.05) is 16.7 Å². The molecule has 21 heavy (non-hydrogen) atoms. The van der Waals surface area contributed by atoms with Crippen LogP contribution in [0.3, 0.4) is 0 Å². The van der Waals surface area contributed by atoms with Gasteiger partial charge < -0.3 is 14.2 Å². The van der Waals surface area contributed by atoms with Crippen molar-refractivity contribution in [3.05, 3.63) is 35.0 Å². The Bertz CT molecular complexity index is 654. The first-order valence-electron chi connectivity index (χ1n) is 6.85. The summed E-state index contributed by atoms with van der Waals surface area (Å²) in [6.07, 6.45) is 3.41. The lowest BCUT2D eigenvalue weighted by Crippen LogP contribution is -2.25. The summed E-state index contributed by atoms with van der Waals surface area (Å²) < 4.78 is 7.55. The van der Waals surface area contributed by atoms with Crippen molar-refractivity contribution in [3.63, 3.8) is 0 Å². The molecule has 0 aromatic carbocycles. The van der Waals surface area contributed by atoms with Crippen molar-refractivity contribution in [2.24, 2.45) is 0 Å². The van der Waals surface area contributed by atoms with E-state index < -0.39 is 0 Å². The van der Waals surface area contributed by atoms with E-state index in [-0.39, 0.29) is 0 Å². The molecule has 2 aromatic heterocycles. The SMILES string of the molecule is CCN(CC)c1ncn(Cc2cccnc2OC)c(=S)n1. The second-order valence-electron chi connectivity index (χ2n) is 4.41. The Morgan fingerprint density at radius 3 is 2.67 bits per heavy atom. The maximum absolute atomic E-state index is 5.36. The molecule has 2 heterocycles. The maximum Gasteiger partial charge on any atom is 0.229 e. The largest absolute Gasteiger partial charge is 0.481 e. The molecule has 0 aliphatic carbocycles. The molecule has 112 valence electrons. The lowest BCUT2D eigenvalue weighted by molar-refractivity contribution is 0.391. The minimum atomic E-state index is 0.498. The van der Waals surface area contributed by atoms with Gasteiger partial charge in [0.2, 0.25) is 16.6 Å². The van der Waals surface area contributed by atoms with Crippen molar-refractivity contribution in [3.8, 4) is 5.88 Å². The average molecular weight is 305 g/mol. The van der Waals surface area contributed by atoms with E-state index in [1.54, 1.807) is 19.6 Å². The lowest BCUT2D eigenvalue weighted by Gasteiger charge is -2.18. The van der Waals surface area contributed by atoms with Crippen molar-refractivity contribution in [2.45, 2.75) is 20.4 Å². The fourth-order valence-electron chi connectivity index (χ4n) is 2.03. The lowest BCUT2D eigenvalue weighted by atomic mass is 10.2. The summed E-state index contributed by atoms with van der Waals surface area (Å²) in [5, 5.41) is 0.